The van der Waals surface area contributed by atoms with Crippen molar-refractivity contribution in [1.82, 2.24) is 0 Å². The summed E-state index contributed by atoms with van der Waals surface area (Å²) in [5.41, 5.74) is 0. The Labute approximate surface area is 108 Å². The molecule has 4 atom stereocenters. The van der Waals surface area contributed by atoms with Crippen LogP contribution in [-0.2, 0) is 0 Å². The molecule has 0 bridgehead atoms. The van der Waals surface area contributed by atoms with E-state index in [4.69, 9.17) is 30.6 Å². The van der Waals surface area contributed by atoms with Crippen molar-refractivity contribution in [2.45, 2.75) is 24.4 Å². The molecule has 0 aliphatic heterocycles. The van der Waals surface area contributed by atoms with Gasteiger partial charge in [0, 0.05) is 0 Å². The molecule has 78 valence electrons. The Balaban J connectivity index is -0.000000202. The van der Waals surface area contributed by atoms with Crippen molar-refractivity contribution >= 4 is 37.7 Å². The zero-order chi connectivity index (χ0) is 9.72. The minimum Gasteiger partial charge on any atom is -1.00 e. The Morgan fingerprint density at radius 2 is 1.00 bits per heavy atom. The van der Waals surface area contributed by atoms with Crippen LogP contribution in [0.4, 0.5) is 0 Å². The third-order valence-corrected chi connectivity index (χ3v) is 1.51. The fraction of sp³-hybridized carbons (Fsp3) is 1.00. The van der Waals surface area contributed by atoms with E-state index in [9.17, 15) is 0 Å². The molecule has 0 aliphatic carbocycles. The van der Waals surface area contributed by atoms with E-state index < -0.39 is 37.6 Å². The fourth-order valence-corrected chi connectivity index (χ4v) is 0.671. The molecule has 0 saturated carbocycles. The molecule has 13 heavy (non-hydrogen) atoms. The standard InChI is InChI=1S/C6H14O6.Ca.2H/c7-1-3(9)5(11)6(12)4(10)2-8;;;/h3-12H,1-2H2;;;/q;+2;2*-1/t3-,4-,5-,6-;;;/m1.../s1. The molecule has 0 fully saturated rings. The molecule has 0 radical (unpaired) electrons. The largest absolute Gasteiger partial charge is 2.00 e. The van der Waals surface area contributed by atoms with E-state index in [1.165, 1.54) is 0 Å². The van der Waals surface area contributed by atoms with Gasteiger partial charge in [0.2, 0.25) is 0 Å². The van der Waals surface area contributed by atoms with E-state index in [0.29, 0.717) is 0 Å². The molecule has 0 amide bonds. The van der Waals surface area contributed by atoms with Crippen molar-refractivity contribution in [1.29, 1.82) is 0 Å². The van der Waals surface area contributed by atoms with Gasteiger partial charge in [0.15, 0.2) is 0 Å². The Morgan fingerprint density at radius 3 is 1.15 bits per heavy atom. The summed E-state index contributed by atoms with van der Waals surface area (Å²) in [6, 6.07) is 0. The van der Waals surface area contributed by atoms with Gasteiger partial charge in [0.25, 0.3) is 0 Å². The molecular weight excluding hydrogens is 208 g/mol. The van der Waals surface area contributed by atoms with Crippen molar-refractivity contribution in [3.63, 3.8) is 0 Å². The zero-order valence-electron chi connectivity index (χ0n) is 9.11. The Hall–Kier alpha value is 1.02. The van der Waals surface area contributed by atoms with Crippen LogP contribution in [0.1, 0.15) is 2.85 Å². The second kappa shape index (κ2) is 8.34. The van der Waals surface area contributed by atoms with E-state index in [2.05, 4.69) is 0 Å². The summed E-state index contributed by atoms with van der Waals surface area (Å²) < 4.78 is 0. The summed E-state index contributed by atoms with van der Waals surface area (Å²) in [6.07, 6.45) is -6.39. The van der Waals surface area contributed by atoms with Crippen molar-refractivity contribution in [3.05, 3.63) is 0 Å². The molecule has 7 heteroatoms. The SMILES string of the molecule is OC[C@@H](O)[C@@H](O)[C@H](O)[C@H](O)CO.[Ca+2].[H-].[H-]. The summed E-state index contributed by atoms with van der Waals surface area (Å²) in [4.78, 5) is 0. The maximum Gasteiger partial charge on any atom is 2.00 e. The van der Waals surface area contributed by atoms with Crippen molar-refractivity contribution in [2.24, 2.45) is 0 Å². The van der Waals surface area contributed by atoms with Crippen molar-refractivity contribution in [2.75, 3.05) is 13.2 Å². The van der Waals surface area contributed by atoms with Crippen LogP contribution >= 0.6 is 0 Å². The maximum atomic E-state index is 8.96. The van der Waals surface area contributed by atoms with Gasteiger partial charge in [-0.2, -0.15) is 0 Å². The van der Waals surface area contributed by atoms with Crippen molar-refractivity contribution < 1.29 is 33.5 Å². The molecule has 6 nitrogen and oxygen atoms in total. The Bertz CT molecular complexity index is 118. The van der Waals surface area contributed by atoms with E-state index in [1.54, 1.807) is 0 Å². The van der Waals surface area contributed by atoms with Gasteiger partial charge in [-0.05, 0) is 0 Å². The average molecular weight is 224 g/mol. The van der Waals surface area contributed by atoms with Crippen LogP contribution in [0, 0.1) is 0 Å². The van der Waals surface area contributed by atoms with E-state index in [0.717, 1.165) is 0 Å². The monoisotopic (exact) mass is 224 g/mol. The summed E-state index contributed by atoms with van der Waals surface area (Å²) in [6.45, 7) is -1.45. The molecule has 0 rings (SSSR count). The van der Waals surface area contributed by atoms with Gasteiger partial charge in [0.1, 0.15) is 24.4 Å². The first kappa shape index (κ1) is 16.4. The van der Waals surface area contributed by atoms with Crippen LogP contribution in [0.15, 0.2) is 0 Å². The summed E-state index contributed by atoms with van der Waals surface area (Å²) in [5, 5.41) is 52.2. The number of hydrogen-bond donors (Lipinski definition) is 6. The van der Waals surface area contributed by atoms with Gasteiger partial charge in [-0.3, -0.25) is 0 Å². The quantitative estimate of drug-likeness (QED) is 0.267. The minimum atomic E-state index is -1.67. The molecule has 0 spiro atoms. The van der Waals surface area contributed by atoms with Crippen LogP contribution < -0.4 is 0 Å². The second-order valence-corrected chi connectivity index (χ2v) is 2.48. The predicted octanol–water partition coefficient (Wildman–Crippen LogP) is -3.74. The predicted molar refractivity (Wildman–Crippen MR) is 46.2 cm³/mol. The van der Waals surface area contributed by atoms with Crippen LogP contribution in [0.3, 0.4) is 0 Å². The van der Waals surface area contributed by atoms with Crippen LogP contribution in [0.5, 0.6) is 0 Å². The first-order chi connectivity index (χ1) is 5.54. The van der Waals surface area contributed by atoms with Gasteiger partial charge in [-0.15, -0.1) is 0 Å². The summed E-state index contributed by atoms with van der Waals surface area (Å²) in [5.74, 6) is 0. The summed E-state index contributed by atoms with van der Waals surface area (Å²) >= 11 is 0. The number of aliphatic hydroxyl groups excluding tert-OH is 6. The zero-order valence-corrected chi connectivity index (χ0v) is 9.32. The van der Waals surface area contributed by atoms with Gasteiger partial charge in [0.05, 0.1) is 13.2 Å². The smallest absolute Gasteiger partial charge is 1.00 e. The normalized spacial score (nSPS) is 19.8. The molecule has 6 N–H and O–H groups in total. The molecule has 0 aromatic rings. The third-order valence-electron chi connectivity index (χ3n) is 1.51. The second-order valence-electron chi connectivity index (χ2n) is 2.48. The number of rotatable bonds is 5. The number of aliphatic hydroxyl groups is 6. The molecule has 0 aliphatic rings. The molecule has 0 heterocycles. The molecule has 0 aromatic carbocycles. The maximum absolute atomic E-state index is 8.96. The first-order valence-electron chi connectivity index (χ1n) is 3.48. The number of hydrogen-bond acceptors (Lipinski definition) is 6. The van der Waals surface area contributed by atoms with E-state index in [-0.39, 0.29) is 40.6 Å². The summed E-state index contributed by atoms with van der Waals surface area (Å²) in [7, 11) is 0. The third kappa shape index (κ3) is 5.46. The van der Waals surface area contributed by atoms with Crippen LogP contribution in [-0.4, -0.2) is 106 Å². The Kier molecular flexibility index (Phi) is 10.6. The van der Waals surface area contributed by atoms with Gasteiger partial charge in [-0.25, -0.2) is 0 Å². The fourth-order valence-electron chi connectivity index (χ4n) is 0.671. The van der Waals surface area contributed by atoms with Crippen molar-refractivity contribution in [3.8, 4) is 0 Å². The molecule has 0 saturated heterocycles. The van der Waals surface area contributed by atoms with Crippen LogP contribution in [0.2, 0.25) is 0 Å². The molecule has 0 unspecified atom stereocenters. The topological polar surface area (TPSA) is 121 Å². The van der Waals surface area contributed by atoms with Crippen LogP contribution in [0.25, 0.3) is 0 Å². The van der Waals surface area contributed by atoms with Gasteiger partial charge in [-0.1, -0.05) is 0 Å². The first-order valence-corrected chi connectivity index (χ1v) is 3.48. The Morgan fingerprint density at radius 1 is 0.769 bits per heavy atom. The molecular formula is C6H16CaO6. The van der Waals surface area contributed by atoms with E-state index >= 15 is 0 Å². The molecule has 0 aromatic heterocycles. The van der Waals surface area contributed by atoms with Gasteiger partial charge >= 0.3 is 37.7 Å². The average Bonchev–Trinajstić information content (AvgIpc) is 2.12. The van der Waals surface area contributed by atoms with E-state index in [1.807, 2.05) is 0 Å². The van der Waals surface area contributed by atoms with Gasteiger partial charge < -0.3 is 33.5 Å². The minimum absolute atomic E-state index is 0.